The maximum atomic E-state index is 13.3. The number of aryl methyl sites for hydroxylation is 2. The molecule has 0 aromatic heterocycles. The van der Waals surface area contributed by atoms with Crippen LogP contribution in [0.1, 0.15) is 73.1 Å². The van der Waals surface area contributed by atoms with Crippen molar-refractivity contribution in [2.24, 2.45) is 0 Å². The zero-order chi connectivity index (χ0) is 28.6. The van der Waals surface area contributed by atoms with E-state index in [-0.39, 0.29) is 18.9 Å². The van der Waals surface area contributed by atoms with Crippen LogP contribution in [0.25, 0.3) is 11.1 Å². The Hall–Kier alpha value is -4.15. The van der Waals surface area contributed by atoms with Crippen LogP contribution in [-0.4, -0.2) is 29.2 Å². The lowest BCUT2D eigenvalue weighted by Crippen LogP contribution is -2.36. The van der Waals surface area contributed by atoms with Gasteiger partial charge in [0.05, 0.1) is 30.4 Å². The first kappa shape index (κ1) is 27.4. The topological polar surface area (TPSA) is 99.9 Å². The Balaban J connectivity index is 1.74. The summed E-state index contributed by atoms with van der Waals surface area (Å²) >= 11 is 0. The molecule has 3 aromatic carbocycles. The summed E-state index contributed by atoms with van der Waals surface area (Å²) in [5.74, 6) is -0.280. The summed E-state index contributed by atoms with van der Waals surface area (Å²) in [6.07, 6.45) is 1.22. The number of carbonyl (C=O) groups excluding carboxylic acids is 1. The van der Waals surface area contributed by atoms with Gasteiger partial charge in [-0.3, -0.25) is 4.79 Å². The van der Waals surface area contributed by atoms with E-state index in [9.17, 15) is 20.0 Å². The predicted molar refractivity (Wildman–Crippen MR) is 152 cm³/mol. The number of amides is 1. The molecule has 2 aliphatic heterocycles. The number of aliphatic carboxylic acids is 1. The number of nitrogens with zero attached hydrogens (tertiary/aromatic N) is 2. The molecular formula is C33H34N2O5. The second kappa shape index (κ2) is 10.8. The van der Waals surface area contributed by atoms with Crippen molar-refractivity contribution in [1.29, 1.82) is 5.26 Å². The van der Waals surface area contributed by atoms with E-state index in [4.69, 9.17) is 9.47 Å². The van der Waals surface area contributed by atoms with E-state index in [0.717, 1.165) is 52.0 Å². The van der Waals surface area contributed by atoms with Crippen molar-refractivity contribution in [2.75, 3.05) is 11.5 Å². The summed E-state index contributed by atoms with van der Waals surface area (Å²) in [4.78, 5) is 27.8. The van der Waals surface area contributed by atoms with E-state index < -0.39 is 17.7 Å². The maximum absolute atomic E-state index is 13.3. The molecule has 0 aliphatic carbocycles. The third-order valence-electron chi connectivity index (χ3n) is 7.45. The largest absolute Gasteiger partial charge is 0.493 e. The smallest absolute Gasteiger partial charge is 0.337 e. The molecule has 1 unspecified atom stereocenters. The first-order valence-electron chi connectivity index (χ1n) is 13.7. The summed E-state index contributed by atoms with van der Waals surface area (Å²) in [5, 5.41) is 20.1. The standard InChI is InChI=1S/C33H34N2O5/c1-20-16-26-25(12-14-28(36)35(26)19-24-9-6-5-8-23(24)18-34)30(31(32(37)38)40-33(2,3)4)29(20)22-11-13-27-21(17-22)10-7-15-39-27/h5-6,8-9,11,13,16-17,31H,7,10,12,14-15,19H2,1-4H3,(H,37,38). The van der Waals surface area contributed by atoms with Crippen molar-refractivity contribution in [3.8, 4) is 22.9 Å². The normalized spacial score (nSPS) is 15.5. The number of hydrogen-bond donors (Lipinski definition) is 1. The van der Waals surface area contributed by atoms with Crippen LogP contribution in [-0.2, 0) is 33.7 Å². The molecule has 0 saturated heterocycles. The number of nitriles is 1. The second-order valence-electron chi connectivity index (χ2n) is 11.5. The van der Waals surface area contributed by atoms with Gasteiger partial charge in [-0.2, -0.15) is 5.26 Å². The number of carboxylic acids is 1. The van der Waals surface area contributed by atoms with Gasteiger partial charge in [-0.25, -0.2) is 4.79 Å². The molecule has 0 bridgehead atoms. The highest BCUT2D eigenvalue weighted by atomic mass is 16.5. The van der Waals surface area contributed by atoms with E-state index >= 15 is 0 Å². The van der Waals surface area contributed by atoms with Crippen molar-refractivity contribution in [2.45, 2.75) is 71.6 Å². The SMILES string of the molecule is Cc1cc2c(c(C(OC(C)(C)C)C(=O)O)c1-c1ccc3c(c1)CCCO3)CCC(=O)N2Cc1ccccc1C#N. The summed E-state index contributed by atoms with van der Waals surface area (Å²) in [5.41, 5.74) is 6.23. The van der Waals surface area contributed by atoms with E-state index in [1.54, 1.807) is 17.0 Å². The highest BCUT2D eigenvalue weighted by Crippen LogP contribution is 2.45. The number of carbonyl (C=O) groups is 2. The molecule has 1 atom stereocenters. The molecule has 2 aliphatic rings. The van der Waals surface area contributed by atoms with Crippen molar-refractivity contribution in [1.82, 2.24) is 0 Å². The molecule has 206 valence electrons. The first-order valence-corrected chi connectivity index (χ1v) is 13.7. The Morgan fingerprint density at radius 3 is 2.65 bits per heavy atom. The van der Waals surface area contributed by atoms with Gasteiger partial charge in [0.1, 0.15) is 5.75 Å². The Bertz CT molecular complexity index is 1530. The molecule has 40 heavy (non-hydrogen) atoms. The lowest BCUT2D eigenvalue weighted by atomic mass is 9.83. The van der Waals surface area contributed by atoms with Crippen LogP contribution in [0.4, 0.5) is 5.69 Å². The quantitative estimate of drug-likeness (QED) is 0.397. The minimum absolute atomic E-state index is 0.0621. The maximum Gasteiger partial charge on any atom is 0.337 e. The Morgan fingerprint density at radius 2 is 1.93 bits per heavy atom. The molecule has 0 radical (unpaired) electrons. The summed E-state index contributed by atoms with van der Waals surface area (Å²) in [6, 6.07) is 17.5. The number of carboxylic acid groups (broad SMARTS) is 1. The Labute approximate surface area is 235 Å². The molecule has 2 heterocycles. The summed E-state index contributed by atoms with van der Waals surface area (Å²) in [7, 11) is 0. The number of ether oxygens (including phenoxy) is 2. The molecular weight excluding hydrogens is 504 g/mol. The molecule has 7 nitrogen and oxygen atoms in total. The number of hydrogen-bond acceptors (Lipinski definition) is 5. The van der Waals surface area contributed by atoms with Gasteiger partial charge in [-0.1, -0.05) is 24.3 Å². The first-order chi connectivity index (χ1) is 19.1. The van der Waals surface area contributed by atoms with Gasteiger partial charge in [0, 0.05) is 17.7 Å². The number of benzene rings is 3. The third kappa shape index (κ3) is 5.32. The lowest BCUT2D eigenvalue weighted by Gasteiger charge is -2.35. The monoisotopic (exact) mass is 538 g/mol. The van der Waals surface area contributed by atoms with Crippen LogP contribution >= 0.6 is 0 Å². The number of anilines is 1. The highest BCUT2D eigenvalue weighted by molar-refractivity contribution is 5.99. The van der Waals surface area contributed by atoms with Crippen molar-refractivity contribution < 1.29 is 24.2 Å². The molecule has 7 heteroatoms. The molecule has 1 N–H and O–H groups in total. The highest BCUT2D eigenvalue weighted by Gasteiger charge is 2.37. The Kier molecular flexibility index (Phi) is 7.39. The van der Waals surface area contributed by atoms with Crippen LogP contribution in [0.5, 0.6) is 5.75 Å². The molecule has 0 fully saturated rings. The fourth-order valence-electron chi connectivity index (χ4n) is 5.76. The fourth-order valence-corrected chi connectivity index (χ4v) is 5.76. The van der Waals surface area contributed by atoms with Gasteiger partial charge in [0.2, 0.25) is 5.91 Å². The zero-order valence-electron chi connectivity index (χ0n) is 23.4. The number of rotatable bonds is 6. The van der Waals surface area contributed by atoms with Gasteiger partial charge in [0.25, 0.3) is 0 Å². The molecule has 1 amide bonds. The van der Waals surface area contributed by atoms with E-state index in [1.807, 2.05) is 58.0 Å². The van der Waals surface area contributed by atoms with Crippen molar-refractivity contribution >= 4 is 17.6 Å². The number of fused-ring (bicyclic) bond motifs is 2. The van der Waals surface area contributed by atoms with Gasteiger partial charge in [0.15, 0.2) is 6.10 Å². The summed E-state index contributed by atoms with van der Waals surface area (Å²) in [6.45, 7) is 8.39. The molecule has 0 saturated carbocycles. The molecule has 0 spiro atoms. The van der Waals surface area contributed by atoms with Crippen molar-refractivity contribution in [3.63, 3.8) is 0 Å². The third-order valence-corrected chi connectivity index (χ3v) is 7.45. The van der Waals surface area contributed by atoms with Gasteiger partial charge < -0.3 is 19.5 Å². The minimum atomic E-state index is -1.24. The van der Waals surface area contributed by atoms with Crippen LogP contribution in [0, 0.1) is 18.3 Å². The van der Waals surface area contributed by atoms with Gasteiger partial charge in [-0.05, 0) is 105 Å². The van der Waals surface area contributed by atoms with Crippen LogP contribution in [0.2, 0.25) is 0 Å². The average molecular weight is 539 g/mol. The fraction of sp³-hybridized carbons (Fsp3) is 0.364. The van der Waals surface area contributed by atoms with E-state index in [1.165, 1.54) is 0 Å². The predicted octanol–water partition coefficient (Wildman–Crippen LogP) is 6.28. The van der Waals surface area contributed by atoms with Crippen LogP contribution < -0.4 is 9.64 Å². The summed E-state index contributed by atoms with van der Waals surface area (Å²) < 4.78 is 12.1. The Morgan fingerprint density at radius 1 is 1.15 bits per heavy atom. The van der Waals surface area contributed by atoms with E-state index in [0.29, 0.717) is 29.8 Å². The average Bonchev–Trinajstić information content (AvgIpc) is 2.92. The zero-order valence-corrected chi connectivity index (χ0v) is 23.4. The van der Waals surface area contributed by atoms with Crippen LogP contribution in [0.3, 0.4) is 0 Å². The van der Waals surface area contributed by atoms with Gasteiger partial charge in [-0.15, -0.1) is 0 Å². The molecule has 5 rings (SSSR count). The minimum Gasteiger partial charge on any atom is -0.493 e. The van der Waals surface area contributed by atoms with Crippen molar-refractivity contribution in [3.05, 3.63) is 81.9 Å². The molecule has 3 aromatic rings. The van der Waals surface area contributed by atoms with E-state index in [2.05, 4.69) is 12.1 Å². The lowest BCUT2D eigenvalue weighted by molar-refractivity contribution is -0.160. The van der Waals surface area contributed by atoms with Crippen LogP contribution in [0.15, 0.2) is 48.5 Å². The second-order valence-corrected chi connectivity index (χ2v) is 11.5. The van der Waals surface area contributed by atoms with Gasteiger partial charge >= 0.3 is 5.97 Å².